The van der Waals surface area contributed by atoms with Crippen molar-refractivity contribution in [1.29, 1.82) is 0 Å². The van der Waals surface area contributed by atoms with Crippen molar-refractivity contribution in [2.24, 2.45) is 11.8 Å². The van der Waals surface area contributed by atoms with Crippen molar-refractivity contribution in [1.82, 2.24) is 10.2 Å². The van der Waals surface area contributed by atoms with Gasteiger partial charge in [-0.25, -0.2) is 0 Å². The van der Waals surface area contributed by atoms with Gasteiger partial charge in [0.25, 0.3) is 0 Å². The SMILES string of the molecule is CC(C)CN(CC(C)C)C(CNC(C)C)c1ccccc1. The van der Waals surface area contributed by atoms with E-state index in [2.05, 4.69) is 82.1 Å². The summed E-state index contributed by atoms with van der Waals surface area (Å²) in [6.07, 6.45) is 0. The second kappa shape index (κ2) is 9.22. The zero-order valence-corrected chi connectivity index (χ0v) is 14.8. The van der Waals surface area contributed by atoms with E-state index in [0.29, 0.717) is 23.9 Å². The van der Waals surface area contributed by atoms with E-state index in [1.807, 2.05) is 0 Å². The largest absolute Gasteiger partial charge is 0.313 e. The van der Waals surface area contributed by atoms with Crippen molar-refractivity contribution in [2.75, 3.05) is 19.6 Å². The molecular weight excluding hydrogens is 256 g/mol. The van der Waals surface area contributed by atoms with E-state index in [9.17, 15) is 0 Å². The highest BCUT2D eigenvalue weighted by molar-refractivity contribution is 5.19. The van der Waals surface area contributed by atoms with Crippen LogP contribution in [0.2, 0.25) is 0 Å². The lowest BCUT2D eigenvalue weighted by Gasteiger charge is -2.35. The molecule has 120 valence electrons. The Kier molecular flexibility index (Phi) is 7.98. The molecule has 1 atom stereocenters. The lowest BCUT2D eigenvalue weighted by Crippen LogP contribution is -2.41. The molecule has 1 aromatic carbocycles. The minimum absolute atomic E-state index is 0.457. The number of hydrogen-bond donors (Lipinski definition) is 1. The first kappa shape index (κ1) is 18.2. The van der Waals surface area contributed by atoms with E-state index in [1.165, 1.54) is 5.56 Å². The normalized spacial score (nSPS) is 13.6. The fourth-order valence-electron chi connectivity index (χ4n) is 2.75. The highest BCUT2D eigenvalue weighted by Gasteiger charge is 2.22. The molecule has 0 aliphatic rings. The monoisotopic (exact) mass is 290 g/mol. The highest BCUT2D eigenvalue weighted by atomic mass is 15.2. The molecule has 21 heavy (non-hydrogen) atoms. The average molecular weight is 290 g/mol. The van der Waals surface area contributed by atoms with E-state index in [4.69, 9.17) is 0 Å². The molecule has 0 heterocycles. The first-order chi connectivity index (χ1) is 9.90. The molecular formula is C19H34N2. The highest BCUT2D eigenvalue weighted by Crippen LogP contribution is 2.22. The Labute approximate surface area is 131 Å². The molecule has 1 unspecified atom stereocenters. The predicted molar refractivity (Wildman–Crippen MR) is 93.6 cm³/mol. The summed E-state index contributed by atoms with van der Waals surface area (Å²) in [6, 6.07) is 11.9. The molecule has 1 N–H and O–H groups in total. The molecule has 0 saturated heterocycles. The summed E-state index contributed by atoms with van der Waals surface area (Å²) < 4.78 is 0. The Morgan fingerprint density at radius 1 is 0.857 bits per heavy atom. The van der Waals surface area contributed by atoms with E-state index in [1.54, 1.807) is 0 Å². The predicted octanol–water partition coefficient (Wildman–Crippen LogP) is 4.34. The van der Waals surface area contributed by atoms with Crippen LogP contribution in [0.4, 0.5) is 0 Å². The second-order valence-corrected chi connectivity index (χ2v) is 7.23. The van der Waals surface area contributed by atoms with Gasteiger partial charge < -0.3 is 5.32 Å². The van der Waals surface area contributed by atoms with E-state index in [-0.39, 0.29) is 0 Å². The minimum Gasteiger partial charge on any atom is -0.313 e. The molecule has 0 aliphatic carbocycles. The molecule has 0 fully saturated rings. The summed E-state index contributed by atoms with van der Waals surface area (Å²) in [6.45, 7) is 17.0. The lowest BCUT2D eigenvalue weighted by atomic mass is 10.0. The van der Waals surface area contributed by atoms with Gasteiger partial charge in [-0.1, -0.05) is 71.9 Å². The molecule has 0 saturated carbocycles. The third-order valence-electron chi connectivity index (χ3n) is 3.54. The summed E-state index contributed by atoms with van der Waals surface area (Å²) in [5, 5.41) is 3.63. The number of hydrogen-bond acceptors (Lipinski definition) is 2. The van der Waals surface area contributed by atoms with Crippen LogP contribution >= 0.6 is 0 Å². The minimum atomic E-state index is 0.457. The van der Waals surface area contributed by atoms with Crippen LogP contribution in [-0.4, -0.2) is 30.6 Å². The molecule has 2 nitrogen and oxygen atoms in total. The zero-order valence-electron chi connectivity index (χ0n) is 14.8. The number of nitrogens with zero attached hydrogens (tertiary/aromatic N) is 1. The van der Waals surface area contributed by atoms with Gasteiger partial charge in [0.2, 0.25) is 0 Å². The van der Waals surface area contributed by atoms with Crippen LogP contribution in [-0.2, 0) is 0 Å². The van der Waals surface area contributed by atoms with Crippen molar-refractivity contribution in [2.45, 2.75) is 53.6 Å². The Morgan fingerprint density at radius 2 is 1.38 bits per heavy atom. The summed E-state index contributed by atoms with van der Waals surface area (Å²) in [7, 11) is 0. The van der Waals surface area contributed by atoms with Crippen molar-refractivity contribution in [3.63, 3.8) is 0 Å². The Bertz CT molecular complexity index is 360. The van der Waals surface area contributed by atoms with Crippen molar-refractivity contribution < 1.29 is 0 Å². The molecule has 2 heteroatoms. The van der Waals surface area contributed by atoms with Crippen LogP contribution in [0.25, 0.3) is 0 Å². The Hall–Kier alpha value is -0.860. The summed E-state index contributed by atoms with van der Waals surface area (Å²) in [5.74, 6) is 1.38. The molecule has 0 spiro atoms. The van der Waals surface area contributed by atoms with Gasteiger partial charge in [-0.05, 0) is 17.4 Å². The van der Waals surface area contributed by atoms with Crippen LogP contribution in [0.15, 0.2) is 30.3 Å². The van der Waals surface area contributed by atoms with Crippen molar-refractivity contribution in [3.8, 4) is 0 Å². The summed E-state index contributed by atoms with van der Waals surface area (Å²) in [5.41, 5.74) is 1.42. The molecule has 0 aliphatic heterocycles. The van der Waals surface area contributed by atoms with Gasteiger partial charge in [0.1, 0.15) is 0 Å². The first-order valence-electron chi connectivity index (χ1n) is 8.42. The molecule has 0 radical (unpaired) electrons. The smallest absolute Gasteiger partial charge is 0.0472 e. The number of nitrogens with one attached hydrogen (secondary N) is 1. The average Bonchev–Trinajstić information content (AvgIpc) is 2.38. The zero-order chi connectivity index (χ0) is 15.8. The van der Waals surface area contributed by atoms with Crippen LogP contribution in [0.3, 0.4) is 0 Å². The number of rotatable bonds is 9. The van der Waals surface area contributed by atoms with Crippen molar-refractivity contribution >= 4 is 0 Å². The van der Waals surface area contributed by atoms with Crippen LogP contribution < -0.4 is 5.32 Å². The third kappa shape index (κ3) is 7.10. The van der Waals surface area contributed by atoms with Gasteiger partial charge >= 0.3 is 0 Å². The van der Waals surface area contributed by atoms with Gasteiger partial charge in [0, 0.05) is 31.7 Å². The van der Waals surface area contributed by atoms with Gasteiger partial charge in [-0.3, -0.25) is 4.90 Å². The van der Waals surface area contributed by atoms with E-state index < -0.39 is 0 Å². The van der Waals surface area contributed by atoms with E-state index in [0.717, 1.165) is 19.6 Å². The van der Waals surface area contributed by atoms with Crippen LogP contribution in [0.1, 0.15) is 53.1 Å². The lowest BCUT2D eigenvalue weighted by molar-refractivity contribution is 0.151. The van der Waals surface area contributed by atoms with Gasteiger partial charge in [-0.15, -0.1) is 0 Å². The maximum Gasteiger partial charge on any atom is 0.0472 e. The first-order valence-corrected chi connectivity index (χ1v) is 8.42. The van der Waals surface area contributed by atoms with Gasteiger partial charge in [-0.2, -0.15) is 0 Å². The molecule has 0 bridgehead atoms. The van der Waals surface area contributed by atoms with Crippen molar-refractivity contribution in [3.05, 3.63) is 35.9 Å². The van der Waals surface area contributed by atoms with E-state index >= 15 is 0 Å². The Morgan fingerprint density at radius 3 is 1.81 bits per heavy atom. The third-order valence-corrected chi connectivity index (χ3v) is 3.54. The van der Waals surface area contributed by atoms with Crippen LogP contribution in [0.5, 0.6) is 0 Å². The second-order valence-electron chi connectivity index (χ2n) is 7.23. The van der Waals surface area contributed by atoms with Crippen LogP contribution in [0, 0.1) is 11.8 Å². The summed E-state index contributed by atoms with van der Waals surface area (Å²) >= 11 is 0. The fraction of sp³-hybridized carbons (Fsp3) is 0.684. The maximum atomic E-state index is 3.63. The maximum absolute atomic E-state index is 3.63. The molecule has 1 aromatic rings. The van der Waals surface area contributed by atoms with Gasteiger partial charge in [0.15, 0.2) is 0 Å². The fourth-order valence-corrected chi connectivity index (χ4v) is 2.75. The molecule has 0 aromatic heterocycles. The van der Waals surface area contributed by atoms with Gasteiger partial charge in [0.05, 0.1) is 0 Å². The standard InChI is InChI=1S/C19H34N2/c1-15(2)13-21(14-16(3)4)19(12-20-17(5)6)18-10-8-7-9-11-18/h7-11,15-17,19-20H,12-14H2,1-6H3. The topological polar surface area (TPSA) is 15.3 Å². The molecule has 0 amide bonds. The summed E-state index contributed by atoms with van der Waals surface area (Å²) in [4.78, 5) is 2.65. The molecule has 1 rings (SSSR count). The Balaban J connectivity index is 2.93. The quantitative estimate of drug-likeness (QED) is 0.728. The number of benzene rings is 1.